The number of nitrogens with two attached hydrogens (primary N) is 1. The van der Waals surface area contributed by atoms with Crippen molar-refractivity contribution in [1.82, 2.24) is 4.98 Å². The van der Waals surface area contributed by atoms with Crippen LogP contribution in [0.15, 0.2) is 23.4 Å². The van der Waals surface area contributed by atoms with Crippen molar-refractivity contribution in [3.63, 3.8) is 0 Å². The molecular formula is C9H7F3N4O. The molecule has 1 aliphatic rings. The highest BCUT2D eigenvalue weighted by molar-refractivity contribution is 6.14. The van der Waals surface area contributed by atoms with Crippen LogP contribution in [0.3, 0.4) is 0 Å². The summed E-state index contributed by atoms with van der Waals surface area (Å²) >= 11 is 0. The lowest BCUT2D eigenvalue weighted by molar-refractivity contribution is -0.117. The van der Waals surface area contributed by atoms with E-state index in [1.54, 1.807) is 0 Å². The van der Waals surface area contributed by atoms with Crippen LogP contribution in [-0.2, 0) is 4.79 Å². The highest BCUT2D eigenvalue weighted by Crippen LogP contribution is 2.27. The number of nitrogen functional groups attached to an aromatic ring is 1. The third-order valence-electron chi connectivity index (χ3n) is 2.12. The van der Waals surface area contributed by atoms with Crippen LogP contribution >= 0.6 is 0 Å². The first kappa shape index (κ1) is 11.4. The van der Waals surface area contributed by atoms with Gasteiger partial charge in [-0.05, 0) is 12.1 Å². The Labute approximate surface area is 93.7 Å². The van der Waals surface area contributed by atoms with E-state index in [9.17, 15) is 18.0 Å². The Kier molecular flexibility index (Phi) is 2.49. The zero-order valence-corrected chi connectivity index (χ0v) is 8.40. The van der Waals surface area contributed by atoms with Gasteiger partial charge >= 0.3 is 6.18 Å². The zero-order valence-electron chi connectivity index (χ0n) is 8.40. The Hall–Kier alpha value is -2.12. The number of hydrazone groups is 1. The van der Waals surface area contributed by atoms with Crippen LogP contribution in [-0.4, -0.2) is 22.8 Å². The molecule has 1 amide bonds. The number of rotatable bonds is 1. The van der Waals surface area contributed by atoms with Crippen molar-refractivity contribution in [2.75, 3.05) is 10.7 Å². The molecule has 8 heteroatoms. The molecule has 0 saturated heterocycles. The smallest absolute Gasteiger partial charge is 0.384 e. The van der Waals surface area contributed by atoms with E-state index >= 15 is 0 Å². The number of carbonyl (C=O) groups excluding carboxylic acids is 1. The molecule has 5 nitrogen and oxygen atoms in total. The highest BCUT2D eigenvalue weighted by atomic mass is 19.4. The van der Waals surface area contributed by atoms with Crippen molar-refractivity contribution in [2.24, 2.45) is 5.10 Å². The molecule has 1 aromatic heterocycles. The number of amides is 1. The summed E-state index contributed by atoms with van der Waals surface area (Å²) in [5.41, 5.74) is 4.37. The number of hydrogen-bond acceptors (Lipinski definition) is 4. The van der Waals surface area contributed by atoms with Crippen LogP contribution in [0.5, 0.6) is 0 Å². The molecule has 0 aliphatic carbocycles. The monoisotopic (exact) mass is 244 g/mol. The lowest BCUT2D eigenvalue weighted by Crippen LogP contribution is -2.22. The average Bonchev–Trinajstić information content (AvgIpc) is 2.61. The molecule has 1 aromatic rings. The summed E-state index contributed by atoms with van der Waals surface area (Å²) in [5, 5.41) is 3.91. The highest BCUT2D eigenvalue weighted by Gasteiger charge is 2.42. The Balaban J connectivity index is 2.31. The van der Waals surface area contributed by atoms with E-state index in [2.05, 4.69) is 10.1 Å². The molecule has 0 aromatic carbocycles. The maximum Gasteiger partial charge on any atom is 0.431 e. The van der Waals surface area contributed by atoms with Gasteiger partial charge in [0.2, 0.25) is 0 Å². The summed E-state index contributed by atoms with van der Waals surface area (Å²) in [5.74, 6) is -0.538. The summed E-state index contributed by atoms with van der Waals surface area (Å²) in [6.45, 7) is 0. The van der Waals surface area contributed by atoms with Crippen molar-refractivity contribution < 1.29 is 18.0 Å². The van der Waals surface area contributed by atoms with Crippen molar-refractivity contribution in [3.8, 4) is 0 Å². The summed E-state index contributed by atoms with van der Waals surface area (Å²) in [4.78, 5) is 15.0. The van der Waals surface area contributed by atoms with Crippen molar-refractivity contribution in [3.05, 3.63) is 18.3 Å². The zero-order chi connectivity index (χ0) is 12.6. The van der Waals surface area contributed by atoms with Gasteiger partial charge in [-0.3, -0.25) is 4.79 Å². The number of halogens is 3. The first-order valence-electron chi connectivity index (χ1n) is 4.57. The number of nitrogens with zero attached hydrogens (tertiary/aromatic N) is 3. The standard InChI is InChI=1S/C9H7F3N4O/c10-9(11,12)6-3-8(17)16(15-6)5-1-2-7(13)14-4-5/h1-2,4H,3H2,(H2,13,14). The fourth-order valence-electron chi connectivity index (χ4n) is 1.31. The van der Waals surface area contributed by atoms with Gasteiger partial charge in [0.1, 0.15) is 5.82 Å². The molecule has 2 rings (SSSR count). The van der Waals surface area contributed by atoms with Crippen LogP contribution in [0.2, 0.25) is 0 Å². The van der Waals surface area contributed by atoms with Crippen molar-refractivity contribution in [1.29, 1.82) is 0 Å². The lowest BCUT2D eigenvalue weighted by atomic mass is 10.2. The van der Waals surface area contributed by atoms with E-state index in [0.717, 1.165) is 0 Å². The van der Waals surface area contributed by atoms with Gasteiger partial charge in [-0.1, -0.05) is 0 Å². The van der Waals surface area contributed by atoms with Crippen LogP contribution in [0.25, 0.3) is 0 Å². The largest absolute Gasteiger partial charge is 0.431 e. The minimum Gasteiger partial charge on any atom is -0.384 e. The minimum absolute atomic E-state index is 0.156. The maximum atomic E-state index is 12.3. The van der Waals surface area contributed by atoms with Gasteiger partial charge in [-0.15, -0.1) is 0 Å². The molecule has 2 heterocycles. The predicted molar refractivity (Wildman–Crippen MR) is 54.2 cm³/mol. The molecule has 0 radical (unpaired) electrons. The summed E-state index contributed by atoms with van der Waals surface area (Å²) in [6, 6.07) is 2.76. The molecule has 0 bridgehead atoms. The van der Waals surface area contributed by atoms with Crippen LogP contribution < -0.4 is 10.7 Å². The summed E-state index contributed by atoms with van der Waals surface area (Å²) in [7, 11) is 0. The fraction of sp³-hybridized carbons (Fsp3) is 0.222. The number of anilines is 2. The third kappa shape index (κ3) is 2.19. The minimum atomic E-state index is -4.59. The van der Waals surface area contributed by atoms with Gasteiger partial charge in [0.15, 0.2) is 5.71 Å². The molecule has 17 heavy (non-hydrogen) atoms. The Bertz CT molecular complexity index is 480. The van der Waals surface area contributed by atoms with E-state index in [-0.39, 0.29) is 11.5 Å². The van der Waals surface area contributed by atoms with Gasteiger partial charge < -0.3 is 5.73 Å². The number of pyridine rings is 1. The quantitative estimate of drug-likeness (QED) is 0.809. The van der Waals surface area contributed by atoms with E-state index in [1.807, 2.05) is 0 Å². The molecule has 2 N–H and O–H groups in total. The summed E-state index contributed by atoms with van der Waals surface area (Å²) in [6.07, 6.45) is -4.16. The second-order valence-corrected chi connectivity index (χ2v) is 3.37. The normalized spacial score (nSPS) is 16.3. The topological polar surface area (TPSA) is 71.6 Å². The van der Waals surface area contributed by atoms with E-state index in [0.29, 0.717) is 5.01 Å². The lowest BCUT2D eigenvalue weighted by Gasteiger charge is -2.10. The second kappa shape index (κ2) is 3.72. The molecule has 90 valence electrons. The first-order valence-corrected chi connectivity index (χ1v) is 4.57. The Morgan fingerprint density at radius 3 is 2.53 bits per heavy atom. The van der Waals surface area contributed by atoms with Gasteiger partial charge in [-0.2, -0.15) is 23.3 Å². The second-order valence-electron chi connectivity index (χ2n) is 3.37. The Morgan fingerprint density at radius 2 is 2.06 bits per heavy atom. The average molecular weight is 244 g/mol. The SMILES string of the molecule is Nc1ccc(N2N=C(C(F)(F)F)CC2=O)cn1. The maximum absolute atomic E-state index is 12.3. The van der Waals surface area contributed by atoms with E-state index in [4.69, 9.17) is 5.73 Å². The van der Waals surface area contributed by atoms with Gasteiger partial charge in [-0.25, -0.2) is 4.98 Å². The number of hydrogen-bond donors (Lipinski definition) is 1. The molecule has 0 spiro atoms. The van der Waals surface area contributed by atoms with Gasteiger partial charge in [0, 0.05) is 0 Å². The van der Waals surface area contributed by atoms with E-state index in [1.165, 1.54) is 18.3 Å². The van der Waals surface area contributed by atoms with Gasteiger partial charge in [0.25, 0.3) is 5.91 Å². The summed E-state index contributed by atoms with van der Waals surface area (Å²) < 4.78 is 37.0. The van der Waals surface area contributed by atoms with Gasteiger partial charge in [0.05, 0.1) is 18.3 Å². The van der Waals surface area contributed by atoms with Crippen molar-refractivity contribution in [2.45, 2.75) is 12.6 Å². The molecule has 0 fully saturated rings. The molecule has 0 saturated carbocycles. The first-order chi connectivity index (χ1) is 7.88. The molecule has 0 atom stereocenters. The van der Waals surface area contributed by atoms with Crippen LogP contribution in [0.4, 0.5) is 24.7 Å². The van der Waals surface area contributed by atoms with Crippen LogP contribution in [0.1, 0.15) is 6.42 Å². The molecular weight excluding hydrogens is 237 g/mol. The number of aromatic nitrogens is 1. The van der Waals surface area contributed by atoms with Crippen LogP contribution in [0, 0.1) is 0 Å². The Morgan fingerprint density at radius 1 is 1.35 bits per heavy atom. The predicted octanol–water partition coefficient (Wildman–Crippen LogP) is 1.32. The van der Waals surface area contributed by atoms with Crippen molar-refractivity contribution >= 4 is 23.1 Å². The fourth-order valence-corrected chi connectivity index (χ4v) is 1.31. The third-order valence-corrected chi connectivity index (χ3v) is 2.12. The molecule has 0 unspecified atom stereocenters. The molecule has 1 aliphatic heterocycles. The number of carbonyl (C=O) groups is 1. The number of alkyl halides is 3. The van der Waals surface area contributed by atoms with E-state index < -0.39 is 24.2 Å².